The summed E-state index contributed by atoms with van der Waals surface area (Å²) in [6.07, 6.45) is 5.84. The van der Waals surface area contributed by atoms with Crippen LogP contribution in [-0.4, -0.2) is 11.7 Å². The minimum Gasteiger partial charge on any atom is -0.493 e. The van der Waals surface area contributed by atoms with Crippen LogP contribution in [0.2, 0.25) is 0 Å². The summed E-state index contributed by atoms with van der Waals surface area (Å²) in [4.78, 5) is 0. The quantitative estimate of drug-likeness (QED) is 0.560. The van der Waals surface area contributed by atoms with E-state index in [0.717, 1.165) is 41.5 Å². The summed E-state index contributed by atoms with van der Waals surface area (Å²) < 4.78 is 6.71. The van der Waals surface area contributed by atoms with Crippen LogP contribution in [-0.2, 0) is 0 Å². The number of allylic oxidation sites excluding steroid dienone is 1. The zero-order valence-electron chi connectivity index (χ0n) is 10.9. The smallest absolute Gasteiger partial charge is 0.126 e. The third kappa shape index (κ3) is 5.23. The van der Waals surface area contributed by atoms with Crippen LogP contribution in [0.4, 0.5) is 0 Å². The van der Waals surface area contributed by atoms with Gasteiger partial charge in [0.2, 0.25) is 0 Å². The molecule has 1 rings (SSSR count). The summed E-state index contributed by atoms with van der Waals surface area (Å²) in [5.41, 5.74) is 0.837. The summed E-state index contributed by atoms with van der Waals surface area (Å²) in [6.45, 7) is 6.14. The van der Waals surface area contributed by atoms with E-state index in [4.69, 9.17) is 4.74 Å². The molecule has 0 bridgehead atoms. The summed E-state index contributed by atoms with van der Waals surface area (Å²) in [6, 6.07) is 5.71. The summed E-state index contributed by atoms with van der Waals surface area (Å²) in [5, 5.41) is 9.66. The predicted octanol–water partition coefficient (Wildman–Crippen LogP) is 4.63. The molecule has 0 radical (unpaired) electrons. The highest BCUT2D eigenvalue weighted by Crippen LogP contribution is 2.28. The first-order valence-electron chi connectivity index (χ1n) is 6.36. The monoisotopic (exact) mass is 312 g/mol. The number of hydrogen-bond acceptors (Lipinski definition) is 2. The molecule has 1 aromatic carbocycles. The Labute approximate surface area is 118 Å². The molecule has 100 valence electrons. The number of rotatable bonds is 8. The van der Waals surface area contributed by atoms with E-state index < -0.39 is 6.10 Å². The molecule has 18 heavy (non-hydrogen) atoms. The lowest BCUT2D eigenvalue weighted by Gasteiger charge is -2.13. The standard InChI is InChI=1S/C15H21BrO2/c1-3-4-5-6-7-10-18-15-11-13(16)8-9-14(15)12(2)17/h3,8-9,11-12,17H,1,4-7,10H2,2H3. The minimum atomic E-state index is -0.506. The molecular weight excluding hydrogens is 292 g/mol. The van der Waals surface area contributed by atoms with Gasteiger partial charge in [-0.1, -0.05) is 28.1 Å². The predicted molar refractivity (Wildman–Crippen MR) is 78.9 cm³/mol. The zero-order valence-corrected chi connectivity index (χ0v) is 12.4. The number of ether oxygens (including phenoxy) is 1. The van der Waals surface area contributed by atoms with Crippen molar-refractivity contribution >= 4 is 15.9 Å². The topological polar surface area (TPSA) is 29.5 Å². The van der Waals surface area contributed by atoms with Gasteiger partial charge < -0.3 is 9.84 Å². The molecule has 1 atom stereocenters. The van der Waals surface area contributed by atoms with Crippen LogP contribution < -0.4 is 4.74 Å². The average molecular weight is 313 g/mol. The first-order chi connectivity index (χ1) is 8.65. The molecule has 0 spiro atoms. The molecule has 1 unspecified atom stereocenters. The Balaban J connectivity index is 2.45. The third-order valence-corrected chi connectivity index (χ3v) is 3.23. The van der Waals surface area contributed by atoms with Gasteiger partial charge in [-0.25, -0.2) is 0 Å². The van der Waals surface area contributed by atoms with Crippen molar-refractivity contribution in [2.24, 2.45) is 0 Å². The van der Waals surface area contributed by atoms with Gasteiger partial charge in [0.05, 0.1) is 12.7 Å². The van der Waals surface area contributed by atoms with Gasteiger partial charge in [-0.15, -0.1) is 6.58 Å². The van der Waals surface area contributed by atoms with Crippen LogP contribution in [0, 0.1) is 0 Å². The summed E-state index contributed by atoms with van der Waals surface area (Å²) >= 11 is 3.42. The van der Waals surface area contributed by atoms with E-state index in [0.29, 0.717) is 6.61 Å². The molecule has 0 fully saturated rings. The molecule has 0 heterocycles. The maximum Gasteiger partial charge on any atom is 0.126 e. The lowest BCUT2D eigenvalue weighted by atomic mass is 10.1. The second kappa shape index (κ2) is 8.33. The Kier molecular flexibility index (Phi) is 7.06. The van der Waals surface area contributed by atoms with Crippen molar-refractivity contribution in [1.82, 2.24) is 0 Å². The molecule has 0 amide bonds. The van der Waals surface area contributed by atoms with Crippen LogP contribution in [0.1, 0.15) is 44.3 Å². The lowest BCUT2D eigenvalue weighted by Crippen LogP contribution is -2.02. The highest BCUT2D eigenvalue weighted by atomic mass is 79.9. The zero-order chi connectivity index (χ0) is 13.4. The highest BCUT2D eigenvalue weighted by Gasteiger charge is 2.09. The maximum atomic E-state index is 9.66. The SMILES string of the molecule is C=CCCCCCOc1cc(Br)ccc1C(C)O. The number of unbranched alkanes of at least 4 members (excludes halogenated alkanes) is 3. The number of hydrogen-bond donors (Lipinski definition) is 1. The summed E-state index contributed by atoms with van der Waals surface area (Å²) in [7, 11) is 0. The third-order valence-electron chi connectivity index (χ3n) is 2.74. The van der Waals surface area contributed by atoms with Gasteiger partial charge in [-0.2, -0.15) is 0 Å². The Hall–Kier alpha value is -0.800. The Morgan fingerprint density at radius 3 is 2.83 bits per heavy atom. The van der Waals surface area contributed by atoms with Gasteiger partial charge in [0.1, 0.15) is 5.75 Å². The van der Waals surface area contributed by atoms with Gasteiger partial charge in [0, 0.05) is 10.0 Å². The fraction of sp³-hybridized carbons (Fsp3) is 0.467. The molecule has 0 aliphatic carbocycles. The fourth-order valence-electron chi connectivity index (χ4n) is 1.73. The first kappa shape index (κ1) is 15.3. The number of aliphatic hydroxyl groups is 1. The van der Waals surface area contributed by atoms with Crippen molar-refractivity contribution in [2.75, 3.05) is 6.61 Å². The Bertz CT molecular complexity index is 375. The van der Waals surface area contributed by atoms with E-state index in [9.17, 15) is 5.11 Å². The largest absolute Gasteiger partial charge is 0.493 e. The highest BCUT2D eigenvalue weighted by molar-refractivity contribution is 9.10. The maximum absolute atomic E-state index is 9.66. The molecule has 0 aromatic heterocycles. The van der Waals surface area contributed by atoms with Gasteiger partial charge in [-0.05, 0) is 44.7 Å². The number of benzene rings is 1. The number of halogens is 1. The van der Waals surface area contributed by atoms with Crippen molar-refractivity contribution in [3.05, 3.63) is 40.9 Å². The van der Waals surface area contributed by atoms with Crippen LogP contribution in [0.25, 0.3) is 0 Å². The van der Waals surface area contributed by atoms with Crippen molar-refractivity contribution < 1.29 is 9.84 Å². The Morgan fingerprint density at radius 1 is 1.39 bits per heavy atom. The lowest BCUT2D eigenvalue weighted by molar-refractivity contribution is 0.190. The molecule has 2 nitrogen and oxygen atoms in total. The van der Waals surface area contributed by atoms with Crippen LogP contribution >= 0.6 is 15.9 Å². The summed E-state index contributed by atoms with van der Waals surface area (Å²) in [5.74, 6) is 0.767. The Morgan fingerprint density at radius 2 is 2.17 bits per heavy atom. The van der Waals surface area contributed by atoms with Crippen molar-refractivity contribution in [2.45, 2.75) is 38.7 Å². The molecule has 3 heteroatoms. The van der Waals surface area contributed by atoms with Gasteiger partial charge >= 0.3 is 0 Å². The van der Waals surface area contributed by atoms with Crippen LogP contribution in [0.15, 0.2) is 35.3 Å². The van der Waals surface area contributed by atoms with E-state index >= 15 is 0 Å². The van der Waals surface area contributed by atoms with E-state index in [1.54, 1.807) is 6.92 Å². The molecule has 0 saturated heterocycles. The molecule has 0 saturated carbocycles. The number of aliphatic hydroxyl groups excluding tert-OH is 1. The molecule has 1 aromatic rings. The van der Waals surface area contributed by atoms with Gasteiger partial charge in [0.15, 0.2) is 0 Å². The van der Waals surface area contributed by atoms with E-state index in [-0.39, 0.29) is 0 Å². The molecule has 1 N–H and O–H groups in total. The van der Waals surface area contributed by atoms with Crippen molar-refractivity contribution in [1.29, 1.82) is 0 Å². The average Bonchev–Trinajstić information content (AvgIpc) is 2.33. The van der Waals surface area contributed by atoms with Crippen molar-refractivity contribution in [3.8, 4) is 5.75 Å². The van der Waals surface area contributed by atoms with E-state index in [1.807, 2.05) is 24.3 Å². The minimum absolute atomic E-state index is 0.506. The molecule has 0 aliphatic rings. The van der Waals surface area contributed by atoms with Gasteiger partial charge in [0.25, 0.3) is 0 Å². The van der Waals surface area contributed by atoms with Gasteiger partial charge in [-0.3, -0.25) is 0 Å². The molecular formula is C15H21BrO2. The van der Waals surface area contributed by atoms with Crippen LogP contribution in [0.3, 0.4) is 0 Å². The normalized spacial score (nSPS) is 12.2. The first-order valence-corrected chi connectivity index (χ1v) is 7.15. The second-order valence-electron chi connectivity index (χ2n) is 4.34. The van der Waals surface area contributed by atoms with E-state index in [1.165, 1.54) is 0 Å². The molecule has 0 aliphatic heterocycles. The van der Waals surface area contributed by atoms with E-state index in [2.05, 4.69) is 22.5 Å². The van der Waals surface area contributed by atoms with Crippen LogP contribution in [0.5, 0.6) is 5.75 Å². The fourth-order valence-corrected chi connectivity index (χ4v) is 2.07. The second-order valence-corrected chi connectivity index (χ2v) is 5.26. The van der Waals surface area contributed by atoms with Crippen molar-refractivity contribution in [3.63, 3.8) is 0 Å².